The fourth-order valence-corrected chi connectivity index (χ4v) is 5.13. The van der Waals surface area contributed by atoms with E-state index < -0.39 is 21.6 Å². The van der Waals surface area contributed by atoms with E-state index in [1.54, 1.807) is 7.11 Å². The number of aromatic nitrogens is 2. The van der Waals surface area contributed by atoms with E-state index >= 15 is 0 Å². The number of hydrogen-bond donors (Lipinski definition) is 0. The summed E-state index contributed by atoms with van der Waals surface area (Å²) in [4.78, 5) is 7.84. The van der Waals surface area contributed by atoms with Crippen molar-refractivity contribution in [2.24, 2.45) is 4.36 Å². The van der Waals surface area contributed by atoms with Gasteiger partial charge in [-0.3, -0.25) is 4.98 Å². The molecule has 0 bridgehead atoms. The molecule has 0 N–H and O–H groups in total. The van der Waals surface area contributed by atoms with Crippen LogP contribution in [0.25, 0.3) is 0 Å². The van der Waals surface area contributed by atoms with Gasteiger partial charge >= 0.3 is 6.18 Å². The molecule has 0 saturated heterocycles. The molecule has 1 aliphatic carbocycles. The molecule has 1 aliphatic rings. The van der Waals surface area contributed by atoms with Crippen LogP contribution < -0.4 is 0 Å². The van der Waals surface area contributed by atoms with Gasteiger partial charge in [-0.2, -0.15) is 17.5 Å². The Bertz CT molecular complexity index is 1020. The predicted octanol–water partition coefficient (Wildman–Crippen LogP) is 5.06. The minimum Gasteiger partial charge on any atom is -0.497 e. The van der Waals surface area contributed by atoms with Gasteiger partial charge in [0, 0.05) is 23.8 Å². The molecule has 0 aliphatic heterocycles. The molecule has 0 fully saturated rings. The molecule has 5 nitrogen and oxygen atoms in total. The van der Waals surface area contributed by atoms with Crippen LogP contribution in [0.4, 0.5) is 18.3 Å². The minimum absolute atomic E-state index is 0.00365. The van der Waals surface area contributed by atoms with Gasteiger partial charge in [-0.25, -0.2) is 9.19 Å². The lowest BCUT2D eigenvalue weighted by Gasteiger charge is -2.13. The van der Waals surface area contributed by atoms with E-state index in [4.69, 9.17) is 4.74 Å². The number of ether oxygens (including phenoxy) is 1. The van der Waals surface area contributed by atoms with Crippen LogP contribution in [-0.4, -0.2) is 27.5 Å². The van der Waals surface area contributed by atoms with Crippen LogP contribution in [0.1, 0.15) is 29.3 Å². The molecule has 2 atom stereocenters. The maximum absolute atomic E-state index is 12.8. The summed E-state index contributed by atoms with van der Waals surface area (Å²) >= 11 is 1.29. The average molecular weight is 429 g/mol. The van der Waals surface area contributed by atoms with Gasteiger partial charge in [0.05, 0.1) is 28.3 Å². The van der Waals surface area contributed by atoms with Crippen molar-refractivity contribution in [3.63, 3.8) is 0 Å². The summed E-state index contributed by atoms with van der Waals surface area (Å²) in [6.45, 7) is 0. The van der Waals surface area contributed by atoms with Gasteiger partial charge in [-0.1, -0.05) is 12.1 Å². The smallest absolute Gasteiger partial charge is 0.433 e. The van der Waals surface area contributed by atoms with Crippen LogP contribution in [0.5, 0.6) is 0 Å². The van der Waals surface area contributed by atoms with Crippen LogP contribution in [-0.2, 0) is 26.4 Å². The molecule has 10 heteroatoms. The quantitative estimate of drug-likeness (QED) is 0.666. The Labute approximate surface area is 165 Å². The molecule has 150 valence electrons. The zero-order valence-electron chi connectivity index (χ0n) is 15.1. The van der Waals surface area contributed by atoms with Crippen molar-refractivity contribution < 1.29 is 22.1 Å². The van der Waals surface area contributed by atoms with Crippen molar-refractivity contribution in [2.45, 2.75) is 24.3 Å². The van der Waals surface area contributed by atoms with E-state index in [2.05, 4.69) is 14.3 Å². The fraction of sp³-hybridized carbons (Fsp3) is 0.333. The summed E-state index contributed by atoms with van der Waals surface area (Å²) in [7, 11) is -1.10. The van der Waals surface area contributed by atoms with Gasteiger partial charge in [-0.15, -0.1) is 11.3 Å². The van der Waals surface area contributed by atoms with Crippen LogP contribution in [0.15, 0.2) is 52.1 Å². The highest BCUT2D eigenvalue weighted by molar-refractivity contribution is 7.92. The fourth-order valence-electron chi connectivity index (χ4n) is 2.64. The van der Waals surface area contributed by atoms with E-state index in [-0.39, 0.29) is 11.7 Å². The number of allylic oxidation sites excluding steroid dienone is 3. The summed E-state index contributed by atoms with van der Waals surface area (Å²) in [6.07, 6.45) is 4.64. The Morgan fingerprint density at radius 1 is 1.39 bits per heavy atom. The zero-order valence-corrected chi connectivity index (χ0v) is 16.8. The van der Waals surface area contributed by atoms with Gasteiger partial charge in [0.25, 0.3) is 0 Å². The Kier molecular flexibility index (Phi) is 5.90. The van der Waals surface area contributed by atoms with Gasteiger partial charge in [0.15, 0.2) is 0 Å². The first-order valence-corrected chi connectivity index (χ1v) is 11.2. The van der Waals surface area contributed by atoms with Crippen molar-refractivity contribution in [3.05, 3.63) is 64.6 Å². The predicted molar refractivity (Wildman–Crippen MR) is 103 cm³/mol. The van der Waals surface area contributed by atoms with E-state index in [0.29, 0.717) is 10.7 Å². The van der Waals surface area contributed by atoms with Gasteiger partial charge < -0.3 is 4.74 Å². The van der Waals surface area contributed by atoms with E-state index in [0.717, 1.165) is 30.1 Å². The molecule has 0 radical (unpaired) electrons. The first kappa shape index (κ1) is 20.5. The van der Waals surface area contributed by atoms with Crippen molar-refractivity contribution in [1.82, 2.24) is 9.97 Å². The minimum atomic E-state index is -4.50. The number of alkyl halides is 3. The van der Waals surface area contributed by atoms with Crippen LogP contribution in [0.2, 0.25) is 0 Å². The van der Waals surface area contributed by atoms with Crippen molar-refractivity contribution >= 4 is 26.2 Å². The zero-order chi connectivity index (χ0) is 20.4. The van der Waals surface area contributed by atoms with Crippen molar-refractivity contribution in [3.8, 4) is 0 Å². The average Bonchev–Trinajstić information content (AvgIpc) is 3.08. The second kappa shape index (κ2) is 8.04. The first-order valence-electron chi connectivity index (χ1n) is 8.26. The molecule has 0 aromatic carbocycles. The molecule has 3 rings (SSSR count). The summed E-state index contributed by atoms with van der Waals surface area (Å²) in [5, 5.41) is 2.26. The van der Waals surface area contributed by atoms with Gasteiger partial charge in [0.2, 0.25) is 5.13 Å². The third-order valence-electron chi connectivity index (χ3n) is 4.01. The maximum atomic E-state index is 12.8. The normalized spacial score (nSPS) is 19.0. The lowest BCUT2D eigenvalue weighted by Crippen LogP contribution is -2.08. The standard InChI is InChI=1S/C18H18F3N3O2S2/c1-26-14-6-4-13(5-7-14)15-10-27-17(23-15)24-28(2,25)11-12-3-8-16(22-9-12)18(19,20)21/h3-4,6-10,13H,5,11H2,1-2H3. The number of hydrogen-bond acceptors (Lipinski definition) is 6. The number of pyridine rings is 1. The van der Waals surface area contributed by atoms with Crippen molar-refractivity contribution in [1.29, 1.82) is 0 Å². The number of nitrogens with zero attached hydrogens (tertiary/aromatic N) is 3. The Hall–Kier alpha value is -2.20. The molecule has 2 aromatic rings. The van der Waals surface area contributed by atoms with Crippen molar-refractivity contribution in [2.75, 3.05) is 13.4 Å². The topological polar surface area (TPSA) is 64.4 Å². The second-order valence-corrected chi connectivity index (χ2v) is 9.54. The highest BCUT2D eigenvalue weighted by Crippen LogP contribution is 2.31. The number of methoxy groups -OCH3 is 1. The summed E-state index contributed by atoms with van der Waals surface area (Å²) in [5.74, 6) is 0.903. The Balaban J connectivity index is 1.72. The molecule has 2 aromatic heterocycles. The number of rotatable bonds is 5. The number of halogens is 3. The summed E-state index contributed by atoms with van der Waals surface area (Å²) in [6, 6.07) is 2.15. The highest BCUT2D eigenvalue weighted by atomic mass is 32.2. The third kappa shape index (κ3) is 5.20. The Morgan fingerprint density at radius 2 is 2.18 bits per heavy atom. The molecular weight excluding hydrogens is 411 g/mol. The summed E-state index contributed by atoms with van der Waals surface area (Å²) < 4.78 is 59.9. The summed E-state index contributed by atoms with van der Waals surface area (Å²) in [5.41, 5.74) is 0.276. The lowest BCUT2D eigenvalue weighted by molar-refractivity contribution is -0.141. The first-order chi connectivity index (χ1) is 13.2. The second-order valence-electron chi connectivity index (χ2n) is 6.31. The van der Waals surface area contributed by atoms with E-state index in [1.165, 1.54) is 23.7 Å². The molecule has 0 saturated carbocycles. The molecule has 0 spiro atoms. The van der Waals surface area contributed by atoms with Crippen LogP contribution in [0, 0.1) is 0 Å². The number of thiazole rings is 1. The van der Waals surface area contributed by atoms with E-state index in [1.807, 2.05) is 23.6 Å². The Morgan fingerprint density at radius 3 is 2.75 bits per heavy atom. The van der Waals surface area contributed by atoms with Crippen LogP contribution >= 0.6 is 11.3 Å². The monoisotopic (exact) mass is 429 g/mol. The lowest BCUT2D eigenvalue weighted by atomic mass is 9.97. The SMILES string of the molecule is COC1=CCC(c2csc(N=S(C)(=O)Cc3ccc(C(F)(F)F)nc3)n2)C=C1. The largest absolute Gasteiger partial charge is 0.497 e. The van der Waals surface area contributed by atoms with Gasteiger partial charge in [-0.05, 0) is 30.2 Å². The molecule has 2 heterocycles. The third-order valence-corrected chi connectivity index (χ3v) is 6.31. The molecule has 28 heavy (non-hydrogen) atoms. The highest BCUT2D eigenvalue weighted by Gasteiger charge is 2.32. The molecule has 0 amide bonds. The van der Waals surface area contributed by atoms with Gasteiger partial charge in [0.1, 0.15) is 11.5 Å². The van der Waals surface area contributed by atoms with Crippen LogP contribution in [0.3, 0.4) is 0 Å². The molecular formula is C18H18F3N3O2S2. The maximum Gasteiger partial charge on any atom is 0.433 e. The molecule has 2 unspecified atom stereocenters. The van der Waals surface area contributed by atoms with E-state index in [9.17, 15) is 17.4 Å².